The van der Waals surface area contributed by atoms with Gasteiger partial charge in [-0.25, -0.2) is 4.98 Å². The molecule has 1 saturated carbocycles. The van der Waals surface area contributed by atoms with Crippen molar-refractivity contribution in [3.05, 3.63) is 12.2 Å². The maximum Gasteiger partial charge on any atom is 0.241 e. The monoisotopic (exact) mass is 320 g/mol. The summed E-state index contributed by atoms with van der Waals surface area (Å²) < 4.78 is 5.25. The minimum Gasteiger partial charge on any atom is -0.394 e. The van der Waals surface area contributed by atoms with Crippen LogP contribution in [0.3, 0.4) is 0 Å². The molecular weight excluding hydrogens is 296 g/mol. The van der Waals surface area contributed by atoms with E-state index in [2.05, 4.69) is 51.4 Å². The molecule has 8 heteroatoms. The van der Waals surface area contributed by atoms with Gasteiger partial charge in [-0.1, -0.05) is 25.9 Å². The molecule has 0 aliphatic heterocycles. The predicted octanol–water partition coefficient (Wildman–Crippen LogP) is 1.52. The van der Waals surface area contributed by atoms with Gasteiger partial charge in [-0.3, -0.25) is 5.10 Å². The van der Waals surface area contributed by atoms with E-state index >= 15 is 0 Å². The van der Waals surface area contributed by atoms with Gasteiger partial charge in [-0.05, 0) is 30.6 Å². The molecule has 3 rings (SSSR count). The summed E-state index contributed by atoms with van der Waals surface area (Å²) >= 11 is 0. The lowest BCUT2D eigenvalue weighted by atomic mass is 9.64. The Labute approximate surface area is 135 Å². The number of aliphatic hydroxyl groups excluding tert-OH is 1. The van der Waals surface area contributed by atoms with Crippen LogP contribution in [0.4, 0.5) is 0 Å². The third-order valence-corrected chi connectivity index (χ3v) is 4.47. The number of aromatic amines is 1. The minimum atomic E-state index is -0.304. The van der Waals surface area contributed by atoms with Crippen molar-refractivity contribution >= 4 is 0 Å². The molecule has 2 aromatic rings. The van der Waals surface area contributed by atoms with Gasteiger partial charge in [0.15, 0.2) is 5.82 Å². The first-order chi connectivity index (χ1) is 10.9. The lowest BCUT2D eigenvalue weighted by molar-refractivity contribution is 0.0335. The Bertz CT molecular complexity index is 638. The summed E-state index contributed by atoms with van der Waals surface area (Å²) in [6, 6.07) is 0. The van der Waals surface area contributed by atoms with Crippen LogP contribution in [0, 0.1) is 11.3 Å². The number of nitrogens with one attached hydrogen (secondary N) is 2. The van der Waals surface area contributed by atoms with Crippen LogP contribution in [0.15, 0.2) is 10.9 Å². The van der Waals surface area contributed by atoms with E-state index in [4.69, 9.17) is 4.52 Å². The van der Waals surface area contributed by atoms with Crippen molar-refractivity contribution < 1.29 is 9.63 Å². The smallest absolute Gasteiger partial charge is 0.241 e. The van der Waals surface area contributed by atoms with Gasteiger partial charge in [0.25, 0.3) is 0 Å². The van der Waals surface area contributed by atoms with Crippen LogP contribution in [0.1, 0.15) is 45.9 Å². The Morgan fingerprint density at radius 2 is 2.26 bits per heavy atom. The average Bonchev–Trinajstić information content (AvgIpc) is 3.14. The summed E-state index contributed by atoms with van der Waals surface area (Å²) in [5.41, 5.74) is -0.102. The molecule has 2 aromatic heterocycles. The van der Waals surface area contributed by atoms with Crippen LogP contribution in [0.2, 0.25) is 0 Å². The lowest BCUT2D eigenvalue weighted by Gasteiger charge is -2.47. The van der Waals surface area contributed by atoms with Gasteiger partial charge < -0.3 is 14.9 Å². The fourth-order valence-electron chi connectivity index (χ4n) is 4.05. The summed E-state index contributed by atoms with van der Waals surface area (Å²) in [6.45, 7) is 7.27. The Morgan fingerprint density at radius 3 is 2.91 bits per heavy atom. The van der Waals surface area contributed by atoms with Gasteiger partial charge in [-0.15, -0.1) is 0 Å². The average molecular weight is 320 g/mol. The largest absolute Gasteiger partial charge is 0.394 e. The quantitative estimate of drug-likeness (QED) is 0.765. The van der Waals surface area contributed by atoms with Crippen molar-refractivity contribution in [2.45, 2.75) is 52.1 Å². The molecule has 0 spiro atoms. The van der Waals surface area contributed by atoms with Gasteiger partial charge in [0.2, 0.25) is 11.7 Å². The van der Waals surface area contributed by atoms with Gasteiger partial charge >= 0.3 is 0 Å². The van der Waals surface area contributed by atoms with Crippen molar-refractivity contribution in [2.75, 3.05) is 6.61 Å². The second kappa shape index (κ2) is 6.01. The number of hydrogen-bond donors (Lipinski definition) is 3. The number of H-pyrrole nitrogens is 1. The highest BCUT2D eigenvalue weighted by atomic mass is 16.5. The SMILES string of the molecule is CC1CC(C)(C)CC(CO)(NCc2nc(-c3ncn[nH]3)no2)C1. The molecule has 126 valence electrons. The number of nitrogens with zero attached hydrogens (tertiary/aromatic N) is 4. The van der Waals surface area contributed by atoms with E-state index in [0.717, 1.165) is 12.8 Å². The second-order valence-corrected chi connectivity index (χ2v) is 7.49. The number of aliphatic hydroxyl groups is 1. The molecule has 3 N–H and O–H groups in total. The Hall–Kier alpha value is -1.80. The van der Waals surface area contributed by atoms with Gasteiger partial charge in [0.05, 0.1) is 13.2 Å². The molecule has 0 amide bonds. The van der Waals surface area contributed by atoms with E-state index in [1.807, 2.05) is 0 Å². The van der Waals surface area contributed by atoms with E-state index in [-0.39, 0.29) is 17.6 Å². The first kappa shape index (κ1) is 16.1. The highest BCUT2D eigenvalue weighted by molar-refractivity contribution is 5.39. The molecule has 23 heavy (non-hydrogen) atoms. The third kappa shape index (κ3) is 3.59. The van der Waals surface area contributed by atoms with E-state index < -0.39 is 0 Å². The zero-order valence-electron chi connectivity index (χ0n) is 13.8. The molecular formula is C15H24N6O2. The maximum absolute atomic E-state index is 9.97. The predicted molar refractivity (Wildman–Crippen MR) is 83.1 cm³/mol. The van der Waals surface area contributed by atoms with Crippen molar-refractivity contribution in [1.29, 1.82) is 0 Å². The fourth-order valence-corrected chi connectivity index (χ4v) is 4.05. The molecule has 8 nitrogen and oxygen atoms in total. The highest BCUT2D eigenvalue weighted by Gasteiger charge is 2.42. The Morgan fingerprint density at radius 1 is 1.43 bits per heavy atom. The fraction of sp³-hybridized carbons (Fsp3) is 0.733. The van der Waals surface area contributed by atoms with Gasteiger partial charge in [0, 0.05) is 5.54 Å². The minimum absolute atomic E-state index is 0.101. The van der Waals surface area contributed by atoms with E-state index in [1.165, 1.54) is 12.7 Å². The van der Waals surface area contributed by atoms with Crippen LogP contribution in [-0.4, -0.2) is 42.6 Å². The first-order valence-corrected chi connectivity index (χ1v) is 7.96. The van der Waals surface area contributed by atoms with Gasteiger partial charge in [-0.2, -0.15) is 10.1 Å². The molecule has 0 radical (unpaired) electrons. The Balaban J connectivity index is 1.68. The van der Waals surface area contributed by atoms with Crippen molar-refractivity contribution in [3.8, 4) is 11.6 Å². The molecule has 0 aromatic carbocycles. The van der Waals surface area contributed by atoms with E-state index in [0.29, 0.717) is 30.0 Å². The molecule has 1 aliphatic rings. The topological polar surface area (TPSA) is 113 Å². The van der Waals surface area contributed by atoms with Crippen molar-refractivity contribution in [2.24, 2.45) is 11.3 Å². The maximum atomic E-state index is 9.97. The van der Waals surface area contributed by atoms with Crippen LogP contribution >= 0.6 is 0 Å². The highest BCUT2D eigenvalue weighted by Crippen LogP contribution is 2.43. The summed E-state index contributed by atoms with van der Waals surface area (Å²) in [4.78, 5) is 8.30. The summed E-state index contributed by atoms with van der Waals surface area (Å²) in [6.07, 6.45) is 4.43. The normalized spacial score (nSPS) is 27.2. The second-order valence-electron chi connectivity index (χ2n) is 7.49. The third-order valence-electron chi connectivity index (χ3n) is 4.47. The summed E-state index contributed by atoms with van der Waals surface area (Å²) in [5, 5.41) is 23.8. The standard InChI is InChI=1S/C15H24N6O2/c1-10-4-14(2,3)7-15(5-10,8-22)17-6-11-19-13(21-23-11)12-16-9-18-20-12/h9-10,17,22H,4-8H2,1-3H3,(H,16,18,20). The van der Waals surface area contributed by atoms with Crippen LogP contribution < -0.4 is 5.32 Å². The van der Waals surface area contributed by atoms with Crippen LogP contribution in [0.25, 0.3) is 11.6 Å². The number of aromatic nitrogens is 5. The lowest BCUT2D eigenvalue weighted by Crippen LogP contribution is -2.54. The molecule has 1 aliphatic carbocycles. The molecule has 1 fully saturated rings. The summed E-state index contributed by atoms with van der Waals surface area (Å²) in [5.74, 6) is 1.89. The summed E-state index contributed by atoms with van der Waals surface area (Å²) in [7, 11) is 0. The van der Waals surface area contributed by atoms with Gasteiger partial charge in [0.1, 0.15) is 6.33 Å². The van der Waals surface area contributed by atoms with Crippen LogP contribution in [-0.2, 0) is 6.54 Å². The van der Waals surface area contributed by atoms with E-state index in [9.17, 15) is 5.11 Å². The zero-order chi connectivity index (χ0) is 16.5. The zero-order valence-corrected chi connectivity index (χ0v) is 13.8. The number of hydrogen-bond acceptors (Lipinski definition) is 7. The molecule has 2 atom stereocenters. The van der Waals surface area contributed by atoms with Crippen molar-refractivity contribution in [3.63, 3.8) is 0 Å². The van der Waals surface area contributed by atoms with Crippen molar-refractivity contribution in [1.82, 2.24) is 30.6 Å². The van der Waals surface area contributed by atoms with E-state index in [1.54, 1.807) is 0 Å². The first-order valence-electron chi connectivity index (χ1n) is 7.96. The molecule has 0 bridgehead atoms. The molecule has 0 saturated heterocycles. The Kier molecular flexibility index (Phi) is 4.20. The molecule has 2 heterocycles. The van der Waals surface area contributed by atoms with Crippen LogP contribution in [0.5, 0.6) is 0 Å². The number of rotatable bonds is 5. The molecule has 2 unspecified atom stereocenters.